The highest BCUT2D eigenvalue weighted by molar-refractivity contribution is 7.98. The molecule has 0 unspecified atom stereocenters. The summed E-state index contributed by atoms with van der Waals surface area (Å²) < 4.78 is 7.85. The summed E-state index contributed by atoms with van der Waals surface area (Å²) in [7, 11) is 0. The Morgan fingerprint density at radius 3 is 2.62 bits per heavy atom. The van der Waals surface area contributed by atoms with Gasteiger partial charge >= 0.3 is 0 Å². The maximum absolute atomic E-state index is 5.78. The van der Waals surface area contributed by atoms with E-state index in [2.05, 4.69) is 38.8 Å². The Morgan fingerprint density at radius 1 is 1.00 bits per heavy atom. The normalized spacial score (nSPS) is 11.2. The minimum Gasteiger partial charge on any atom is -0.440 e. The van der Waals surface area contributed by atoms with E-state index in [9.17, 15) is 0 Å². The van der Waals surface area contributed by atoms with Gasteiger partial charge in [-0.2, -0.15) is 0 Å². The lowest BCUT2D eigenvalue weighted by atomic mass is 10.2. The molecule has 0 saturated heterocycles. The summed E-state index contributed by atoms with van der Waals surface area (Å²) in [5.41, 5.74) is 3.97. The van der Waals surface area contributed by atoms with E-state index in [-0.39, 0.29) is 0 Å². The molecule has 2 aromatic carbocycles. The summed E-state index contributed by atoms with van der Waals surface area (Å²) in [6, 6.07) is 16.0. The van der Waals surface area contributed by atoms with Gasteiger partial charge in [0.1, 0.15) is 11.3 Å². The highest BCUT2D eigenvalue weighted by Gasteiger charge is 2.14. The second-order valence-electron chi connectivity index (χ2n) is 5.52. The molecule has 5 nitrogen and oxygen atoms in total. The van der Waals surface area contributed by atoms with Crippen molar-refractivity contribution in [3.63, 3.8) is 0 Å². The van der Waals surface area contributed by atoms with E-state index >= 15 is 0 Å². The number of oxazole rings is 1. The van der Waals surface area contributed by atoms with Crippen molar-refractivity contribution in [1.82, 2.24) is 19.7 Å². The zero-order valence-electron chi connectivity index (χ0n) is 13.4. The number of rotatable bonds is 4. The van der Waals surface area contributed by atoms with Gasteiger partial charge in [0.05, 0.1) is 11.4 Å². The summed E-state index contributed by atoms with van der Waals surface area (Å²) in [5.74, 6) is 2.17. The van der Waals surface area contributed by atoms with Crippen LogP contribution in [0.1, 0.15) is 17.3 Å². The molecule has 24 heavy (non-hydrogen) atoms. The van der Waals surface area contributed by atoms with Crippen LogP contribution >= 0.6 is 11.8 Å². The van der Waals surface area contributed by atoms with E-state index in [1.54, 1.807) is 11.8 Å². The van der Waals surface area contributed by atoms with Crippen molar-refractivity contribution in [3.8, 4) is 5.69 Å². The van der Waals surface area contributed by atoms with Crippen molar-refractivity contribution in [2.24, 2.45) is 0 Å². The molecule has 0 bridgehead atoms. The molecule has 0 radical (unpaired) electrons. The van der Waals surface area contributed by atoms with Gasteiger partial charge in [-0.15, -0.1) is 10.2 Å². The number of thioether (sulfide) groups is 1. The van der Waals surface area contributed by atoms with Gasteiger partial charge in [-0.25, -0.2) is 4.98 Å². The maximum Gasteiger partial charge on any atom is 0.205 e. The van der Waals surface area contributed by atoms with Crippen LogP contribution in [-0.2, 0) is 5.75 Å². The van der Waals surface area contributed by atoms with Crippen LogP contribution in [0.5, 0.6) is 0 Å². The smallest absolute Gasteiger partial charge is 0.205 e. The van der Waals surface area contributed by atoms with Crippen LogP contribution in [0, 0.1) is 13.8 Å². The Balaban J connectivity index is 1.63. The van der Waals surface area contributed by atoms with Gasteiger partial charge in [0.2, 0.25) is 5.89 Å². The molecule has 4 aromatic rings. The van der Waals surface area contributed by atoms with Gasteiger partial charge in [-0.1, -0.05) is 42.1 Å². The third kappa shape index (κ3) is 2.69. The molecule has 0 spiro atoms. The van der Waals surface area contributed by atoms with Crippen LogP contribution in [-0.4, -0.2) is 19.7 Å². The first-order valence-corrected chi connectivity index (χ1v) is 8.66. The third-order valence-corrected chi connectivity index (χ3v) is 4.73. The molecule has 0 atom stereocenters. The van der Waals surface area contributed by atoms with Crippen LogP contribution in [0.2, 0.25) is 0 Å². The molecule has 0 aliphatic heterocycles. The third-order valence-electron chi connectivity index (χ3n) is 3.81. The van der Waals surface area contributed by atoms with Crippen LogP contribution in [0.15, 0.2) is 58.1 Å². The van der Waals surface area contributed by atoms with Gasteiger partial charge in [-0.3, -0.25) is 4.57 Å². The van der Waals surface area contributed by atoms with Gasteiger partial charge in [0.15, 0.2) is 10.7 Å². The predicted molar refractivity (Wildman–Crippen MR) is 94.4 cm³/mol. The van der Waals surface area contributed by atoms with Crippen molar-refractivity contribution in [2.75, 3.05) is 0 Å². The summed E-state index contributed by atoms with van der Waals surface area (Å²) in [6.07, 6.45) is 0. The lowest BCUT2D eigenvalue weighted by Gasteiger charge is -2.10. The number of fused-ring (bicyclic) bond motifs is 1. The molecule has 6 heteroatoms. The van der Waals surface area contributed by atoms with E-state index in [1.807, 2.05) is 43.3 Å². The quantitative estimate of drug-likeness (QED) is 0.520. The van der Waals surface area contributed by atoms with E-state index in [1.165, 1.54) is 5.56 Å². The minimum absolute atomic E-state index is 0.610. The Hall–Kier alpha value is -2.60. The average molecular weight is 336 g/mol. The molecule has 0 aliphatic carbocycles. The zero-order chi connectivity index (χ0) is 16.5. The topological polar surface area (TPSA) is 56.7 Å². The molecular weight excluding hydrogens is 320 g/mol. The van der Waals surface area contributed by atoms with Crippen molar-refractivity contribution >= 4 is 22.9 Å². The van der Waals surface area contributed by atoms with E-state index < -0.39 is 0 Å². The number of benzene rings is 2. The van der Waals surface area contributed by atoms with Gasteiger partial charge < -0.3 is 4.42 Å². The first-order chi connectivity index (χ1) is 11.7. The van der Waals surface area contributed by atoms with E-state index in [0.29, 0.717) is 11.6 Å². The Labute approximate surface area is 143 Å². The monoisotopic (exact) mass is 336 g/mol. The van der Waals surface area contributed by atoms with Crippen molar-refractivity contribution in [2.45, 2.75) is 24.8 Å². The van der Waals surface area contributed by atoms with Gasteiger partial charge in [0, 0.05) is 0 Å². The molecule has 2 heterocycles. The number of aryl methyl sites for hydroxylation is 2. The highest BCUT2D eigenvalue weighted by atomic mass is 32.2. The number of para-hydroxylation sites is 3. The van der Waals surface area contributed by atoms with Crippen LogP contribution in [0.3, 0.4) is 0 Å². The Kier molecular flexibility index (Phi) is 3.82. The minimum atomic E-state index is 0.610. The summed E-state index contributed by atoms with van der Waals surface area (Å²) in [6.45, 7) is 4.05. The summed E-state index contributed by atoms with van der Waals surface area (Å²) >= 11 is 1.57. The molecule has 0 fully saturated rings. The molecule has 0 saturated carbocycles. The Bertz CT molecular complexity index is 972. The molecular formula is C18H16N4OS. The average Bonchev–Trinajstić information content (AvgIpc) is 3.16. The molecule has 2 aromatic heterocycles. The fourth-order valence-electron chi connectivity index (χ4n) is 2.64. The number of aromatic nitrogens is 4. The number of nitrogens with zero attached hydrogens (tertiary/aromatic N) is 4. The summed E-state index contributed by atoms with van der Waals surface area (Å²) in [4.78, 5) is 4.51. The van der Waals surface area contributed by atoms with Crippen LogP contribution in [0.25, 0.3) is 16.8 Å². The second-order valence-corrected chi connectivity index (χ2v) is 6.46. The molecule has 0 amide bonds. The fourth-order valence-corrected chi connectivity index (χ4v) is 3.47. The van der Waals surface area contributed by atoms with Gasteiger partial charge in [-0.05, 0) is 37.6 Å². The fraction of sp³-hybridized carbons (Fsp3) is 0.167. The van der Waals surface area contributed by atoms with Crippen molar-refractivity contribution in [1.29, 1.82) is 0 Å². The lowest BCUT2D eigenvalue weighted by molar-refractivity contribution is 0.556. The first-order valence-electron chi connectivity index (χ1n) is 7.67. The second kappa shape index (κ2) is 6.13. The number of hydrogen-bond acceptors (Lipinski definition) is 5. The maximum atomic E-state index is 5.78. The van der Waals surface area contributed by atoms with Crippen LogP contribution < -0.4 is 0 Å². The standard InChI is InChI=1S/C18H16N4OS/c1-12-7-3-5-9-15(12)22-13(2)20-21-18(22)24-11-17-19-14-8-4-6-10-16(14)23-17/h3-10H,11H2,1-2H3. The molecule has 0 aliphatic rings. The van der Waals surface area contributed by atoms with Crippen molar-refractivity contribution < 1.29 is 4.42 Å². The SMILES string of the molecule is Cc1ccccc1-n1c(C)nnc1SCc1nc2ccccc2o1. The van der Waals surface area contributed by atoms with E-state index in [4.69, 9.17) is 4.42 Å². The molecule has 4 rings (SSSR count). The Morgan fingerprint density at radius 2 is 1.79 bits per heavy atom. The first kappa shape index (κ1) is 15.0. The van der Waals surface area contributed by atoms with E-state index in [0.717, 1.165) is 27.8 Å². The van der Waals surface area contributed by atoms with Crippen molar-refractivity contribution in [3.05, 3.63) is 65.8 Å². The summed E-state index contributed by atoms with van der Waals surface area (Å²) in [5, 5.41) is 9.38. The lowest BCUT2D eigenvalue weighted by Crippen LogP contribution is -2.01. The van der Waals surface area contributed by atoms with Crippen LogP contribution in [0.4, 0.5) is 0 Å². The largest absolute Gasteiger partial charge is 0.440 e. The zero-order valence-corrected chi connectivity index (χ0v) is 14.2. The number of hydrogen-bond donors (Lipinski definition) is 0. The highest BCUT2D eigenvalue weighted by Crippen LogP contribution is 2.27. The van der Waals surface area contributed by atoms with Gasteiger partial charge in [0.25, 0.3) is 0 Å². The predicted octanol–water partition coefficient (Wildman–Crippen LogP) is 4.32. The molecule has 120 valence electrons. The molecule has 0 N–H and O–H groups in total.